The molecule has 2 aliphatic rings. The minimum absolute atomic E-state index is 0.0122. The maximum absolute atomic E-state index is 12.6. The Hall–Kier alpha value is -2.24. The van der Waals surface area contributed by atoms with Gasteiger partial charge in [-0.25, -0.2) is 0 Å². The fourth-order valence-corrected chi connectivity index (χ4v) is 3.73. The average Bonchev–Trinajstić information content (AvgIpc) is 3.17. The zero-order valence-corrected chi connectivity index (χ0v) is 14.4. The number of anilines is 1. The minimum Gasteiger partial charge on any atom is -0.497 e. The Morgan fingerprint density at radius 1 is 1.08 bits per heavy atom. The van der Waals surface area contributed by atoms with Crippen molar-refractivity contribution in [3.63, 3.8) is 0 Å². The number of ether oxygens (including phenoxy) is 1. The lowest BCUT2D eigenvalue weighted by atomic mass is 10.1. The third kappa shape index (κ3) is 2.81. The van der Waals surface area contributed by atoms with Crippen molar-refractivity contribution >= 4 is 17.6 Å². The van der Waals surface area contributed by atoms with Crippen LogP contribution in [-0.4, -0.2) is 55.2 Å². The first-order valence-electron chi connectivity index (χ1n) is 8.27. The summed E-state index contributed by atoms with van der Waals surface area (Å²) in [4.78, 5) is 28.0. The Morgan fingerprint density at radius 3 is 2.12 bits per heavy atom. The predicted molar refractivity (Wildman–Crippen MR) is 90.2 cm³/mol. The van der Waals surface area contributed by atoms with Gasteiger partial charge in [-0.3, -0.25) is 9.59 Å². The fraction of sp³-hybridized carbons (Fsp3) is 0.556. The summed E-state index contributed by atoms with van der Waals surface area (Å²) in [5, 5.41) is 9.25. The third-order valence-corrected chi connectivity index (χ3v) is 5.39. The number of hydrogen-bond acceptors (Lipinski definition) is 4. The molecule has 2 atom stereocenters. The molecule has 3 rings (SSSR count). The van der Waals surface area contributed by atoms with E-state index in [4.69, 9.17) is 4.74 Å². The number of carboxylic acids is 1. The molecular formula is C18H24N2O4. The molecule has 6 heteroatoms. The van der Waals surface area contributed by atoms with Crippen molar-refractivity contribution < 1.29 is 19.4 Å². The van der Waals surface area contributed by atoms with Gasteiger partial charge in [0.05, 0.1) is 18.9 Å². The highest BCUT2D eigenvalue weighted by Gasteiger charge is 2.66. The zero-order chi connectivity index (χ0) is 17.5. The fourth-order valence-electron chi connectivity index (χ4n) is 3.73. The van der Waals surface area contributed by atoms with Gasteiger partial charge < -0.3 is 19.6 Å². The van der Waals surface area contributed by atoms with Crippen LogP contribution < -0.4 is 9.64 Å². The van der Waals surface area contributed by atoms with E-state index in [-0.39, 0.29) is 11.8 Å². The quantitative estimate of drug-likeness (QED) is 0.909. The van der Waals surface area contributed by atoms with E-state index in [9.17, 15) is 14.7 Å². The number of amides is 1. The highest BCUT2D eigenvalue weighted by molar-refractivity contribution is 5.91. The van der Waals surface area contributed by atoms with Gasteiger partial charge in [-0.15, -0.1) is 0 Å². The zero-order valence-electron chi connectivity index (χ0n) is 14.4. The van der Waals surface area contributed by atoms with E-state index >= 15 is 0 Å². The molecule has 0 spiro atoms. The van der Waals surface area contributed by atoms with Gasteiger partial charge in [0.2, 0.25) is 5.91 Å². The van der Waals surface area contributed by atoms with E-state index in [0.29, 0.717) is 13.1 Å². The summed E-state index contributed by atoms with van der Waals surface area (Å²) in [6.45, 7) is 6.49. The lowest BCUT2D eigenvalue weighted by molar-refractivity contribution is -0.142. The highest BCUT2D eigenvalue weighted by atomic mass is 16.5. The molecule has 1 aliphatic heterocycles. The monoisotopic (exact) mass is 332 g/mol. The van der Waals surface area contributed by atoms with Crippen molar-refractivity contribution in [1.29, 1.82) is 0 Å². The topological polar surface area (TPSA) is 70.1 Å². The highest BCUT2D eigenvalue weighted by Crippen LogP contribution is 2.59. The average molecular weight is 332 g/mol. The van der Waals surface area contributed by atoms with Crippen LogP contribution in [0.3, 0.4) is 0 Å². The van der Waals surface area contributed by atoms with E-state index in [2.05, 4.69) is 4.90 Å². The van der Waals surface area contributed by atoms with Gasteiger partial charge in [0.15, 0.2) is 0 Å². The van der Waals surface area contributed by atoms with Gasteiger partial charge in [0.1, 0.15) is 5.75 Å². The molecule has 24 heavy (non-hydrogen) atoms. The lowest BCUT2D eigenvalue weighted by Crippen LogP contribution is -2.49. The second kappa shape index (κ2) is 6.00. The Balaban J connectivity index is 1.59. The first-order chi connectivity index (χ1) is 11.4. The molecule has 1 N–H and O–H groups in total. The summed E-state index contributed by atoms with van der Waals surface area (Å²) >= 11 is 0. The van der Waals surface area contributed by atoms with Gasteiger partial charge >= 0.3 is 5.97 Å². The van der Waals surface area contributed by atoms with Crippen LogP contribution in [0.5, 0.6) is 5.75 Å². The van der Waals surface area contributed by atoms with Crippen LogP contribution in [0, 0.1) is 17.3 Å². The van der Waals surface area contributed by atoms with Gasteiger partial charge in [-0.05, 0) is 29.7 Å². The van der Waals surface area contributed by atoms with Crippen LogP contribution in [0.2, 0.25) is 0 Å². The maximum Gasteiger partial charge on any atom is 0.307 e. The molecule has 0 radical (unpaired) electrons. The molecule has 1 saturated carbocycles. The van der Waals surface area contributed by atoms with Crippen molar-refractivity contribution in [2.75, 3.05) is 38.2 Å². The van der Waals surface area contributed by atoms with Crippen LogP contribution in [0.15, 0.2) is 24.3 Å². The van der Waals surface area contributed by atoms with E-state index < -0.39 is 17.3 Å². The van der Waals surface area contributed by atoms with Gasteiger partial charge in [0, 0.05) is 31.9 Å². The smallest absolute Gasteiger partial charge is 0.307 e. The van der Waals surface area contributed by atoms with Crippen LogP contribution in [0.4, 0.5) is 5.69 Å². The number of carbonyl (C=O) groups is 2. The van der Waals surface area contributed by atoms with Crippen molar-refractivity contribution in [2.24, 2.45) is 17.3 Å². The Bertz CT molecular complexity index is 633. The van der Waals surface area contributed by atoms with Gasteiger partial charge in [-0.2, -0.15) is 0 Å². The molecule has 1 aromatic rings. The van der Waals surface area contributed by atoms with Crippen LogP contribution in [0.1, 0.15) is 13.8 Å². The van der Waals surface area contributed by atoms with Gasteiger partial charge in [-0.1, -0.05) is 13.8 Å². The normalized spacial score (nSPS) is 25.3. The molecule has 0 unspecified atom stereocenters. The summed E-state index contributed by atoms with van der Waals surface area (Å²) in [7, 11) is 1.64. The number of hydrogen-bond donors (Lipinski definition) is 1. The molecule has 6 nitrogen and oxygen atoms in total. The first-order valence-corrected chi connectivity index (χ1v) is 8.27. The van der Waals surface area contributed by atoms with E-state index in [1.165, 1.54) is 0 Å². The van der Waals surface area contributed by atoms with Crippen LogP contribution >= 0.6 is 0 Å². The van der Waals surface area contributed by atoms with Crippen LogP contribution in [-0.2, 0) is 9.59 Å². The number of carboxylic acid groups (broad SMARTS) is 1. The van der Waals surface area contributed by atoms with Gasteiger partial charge in [0.25, 0.3) is 0 Å². The molecule has 1 saturated heterocycles. The van der Waals surface area contributed by atoms with E-state index in [1.54, 1.807) is 7.11 Å². The molecule has 130 valence electrons. The molecule has 1 heterocycles. The molecule has 0 aromatic heterocycles. The van der Waals surface area contributed by atoms with E-state index in [0.717, 1.165) is 24.5 Å². The van der Waals surface area contributed by atoms with Crippen molar-refractivity contribution in [2.45, 2.75) is 13.8 Å². The number of piperazine rings is 1. The Morgan fingerprint density at radius 2 is 1.67 bits per heavy atom. The lowest BCUT2D eigenvalue weighted by Gasteiger charge is -2.36. The third-order valence-electron chi connectivity index (χ3n) is 5.39. The SMILES string of the molecule is COc1ccc(N2CCN(C(=O)[C@H]3[C@@H](C(=O)O)C3(C)C)CC2)cc1. The number of carbonyl (C=O) groups excluding carboxylic acids is 1. The standard InChI is InChI=1S/C18H24N2O4/c1-18(2)14(15(18)17(22)23)16(21)20-10-8-19(9-11-20)12-4-6-13(24-3)7-5-12/h4-7,14-15H,8-11H2,1-3H3,(H,22,23)/t14-,15+/m1/s1. The number of nitrogens with zero attached hydrogens (tertiary/aromatic N) is 2. The molecule has 1 amide bonds. The first kappa shape index (κ1) is 16.6. The maximum atomic E-state index is 12.6. The summed E-state index contributed by atoms with van der Waals surface area (Å²) in [5.41, 5.74) is 0.675. The number of methoxy groups -OCH3 is 1. The molecule has 1 aromatic carbocycles. The Labute approximate surface area is 142 Å². The molecular weight excluding hydrogens is 308 g/mol. The molecule has 2 fully saturated rings. The van der Waals surface area contributed by atoms with E-state index in [1.807, 2.05) is 43.0 Å². The van der Waals surface area contributed by atoms with Crippen LogP contribution in [0.25, 0.3) is 0 Å². The number of rotatable bonds is 4. The molecule has 0 bridgehead atoms. The Kier molecular flexibility index (Phi) is 4.15. The second-order valence-electron chi connectivity index (χ2n) is 7.13. The largest absolute Gasteiger partial charge is 0.497 e. The summed E-state index contributed by atoms with van der Waals surface area (Å²) in [5.74, 6) is -0.993. The minimum atomic E-state index is -0.866. The molecule has 1 aliphatic carbocycles. The van der Waals surface area contributed by atoms with Crippen molar-refractivity contribution in [3.05, 3.63) is 24.3 Å². The summed E-state index contributed by atoms with van der Waals surface area (Å²) < 4.78 is 5.17. The number of aliphatic carboxylic acids is 1. The summed E-state index contributed by atoms with van der Waals surface area (Å²) in [6, 6.07) is 7.88. The number of benzene rings is 1. The predicted octanol–water partition coefficient (Wildman–Crippen LogP) is 1.70. The van der Waals surface area contributed by atoms with Crippen molar-refractivity contribution in [3.8, 4) is 5.75 Å². The summed E-state index contributed by atoms with van der Waals surface area (Å²) in [6.07, 6.45) is 0. The van der Waals surface area contributed by atoms with Crippen molar-refractivity contribution in [1.82, 2.24) is 4.90 Å². The second-order valence-corrected chi connectivity index (χ2v) is 7.13.